The van der Waals surface area contributed by atoms with Gasteiger partial charge in [0, 0.05) is 12.5 Å². The van der Waals surface area contributed by atoms with Crippen molar-refractivity contribution in [3.8, 4) is 11.3 Å². The van der Waals surface area contributed by atoms with Crippen LogP contribution in [-0.4, -0.2) is 35.1 Å². The lowest BCUT2D eigenvalue weighted by Gasteiger charge is -2.04. The molecule has 0 aliphatic heterocycles. The van der Waals surface area contributed by atoms with Gasteiger partial charge < -0.3 is 22.5 Å². The van der Waals surface area contributed by atoms with Crippen LogP contribution in [-0.2, 0) is 9.53 Å². The molecule has 130 valence electrons. The van der Waals surface area contributed by atoms with Crippen LogP contribution >= 0.6 is 0 Å². The zero-order valence-electron chi connectivity index (χ0n) is 13.8. The molecule has 7 nitrogen and oxygen atoms in total. The fraction of sp³-hybridized carbons (Fsp3) is 0.176. The molecule has 0 spiro atoms. The minimum atomic E-state index is -0.401. The van der Waals surface area contributed by atoms with Gasteiger partial charge in [0.25, 0.3) is 5.91 Å². The molecule has 2 heterocycles. The van der Waals surface area contributed by atoms with Crippen molar-refractivity contribution in [2.75, 3.05) is 19.0 Å². The monoisotopic (exact) mass is 360 g/mol. The van der Waals surface area contributed by atoms with E-state index in [1.54, 1.807) is 22.9 Å². The highest BCUT2D eigenvalue weighted by Crippen LogP contribution is 2.27. The maximum Gasteiger partial charge on any atom is 0.366 e. The largest absolute Gasteiger partial charge is 1.00 e. The summed E-state index contributed by atoms with van der Waals surface area (Å²) in [6.07, 6.45) is 3.40. The second-order valence-electron chi connectivity index (χ2n) is 5.14. The molecule has 1 N–H and O–H groups in total. The van der Waals surface area contributed by atoms with E-state index < -0.39 is 5.97 Å². The van der Waals surface area contributed by atoms with E-state index in [4.69, 9.17) is 0 Å². The number of hydrogen-bond acceptors (Lipinski definition) is 5. The molecule has 0 saturated carbocycles. The van der Waals surface area contributed by atoms with Crippen LogP contribution in [0.5, 0.6) is 0 Å². The molecule has 0 amide bonds. The van der Waals surface area contributed by atoms with Gasteiger partial charge in [-0.05, 0) is 6.07 Å². The van der Waals surface area contributed by atoms with Gasteiger partial charge in [-0.3, -0.25) is 4.79 Å². The van der Waals surface area contributed by atoms with Gasteiger partial charge in [0.15, 0.2) is 5.69 Å². The van der Waals surface area contributed by atoms with Gasteiger partial charge in [-0.15, -0.1) is 4.98 Å². The Labute approximate surface area is 150 Å². The van der Waals surface area contributed by atoms with Gasteiger partial charge in [-0.1, -0.05) is 30.3 Å². The first-order valence-corrected chi connectivity index (χ1v) is 7.41. The van der Waals surface area contributed by atoms with Crippen LogP contribution in [0.4, 0.5) is 5.82 Å². The number of nitrogens with one attached hydrogen (secondary N) is 1. The standard InChI is InChI=1S/C17H17N4O3.ClH/c1-12(22)21-15(13-7-4-3-5-8-13)16(19-11-14(23)24-2)20-10-6-9-18-17(20)21;/h3-10,19H,11H2,1-2H3;1H/q+1;/p-1. The van der Waals surface area contributed by atoms with Gasteiger partial charge in [0.2, 0.25) is 5.82 Å². The van der Waals surface area contributed by atoms with E-state index in [1.807, 2.05) is 30.3 Å². The van der Waals surface area contributed by atoms with E-state index in [1.165, 1.54) is 18.6 Å². The third kappa shape index (κ3) is 3.46. The summed E-state index contributed by atoms with van der Waals surface area (Å²) >= 11 is 0. The van der Waals surface area contributed by atoms with Gasteiger partial charge in [-0.25, -0.2) is 4.79 Å². The maximum absolute atomic E-state index is 12.3. The number of esters is 1. The van der Waals surface area contributed by atoms with Crippen LogP contribution in [0.25, 0.3) is 17.0 Å². The first kappa shape index (κ1) is 18.4. The fourth-order valence-corrected chi connectivity index (χ4v) is 2.58. The smallest absolute Gasteiger partial charge is 0.366 e. The molecular formula is C17H17ClN4O3. The molecule has 8 heteroatoms. The number of anilines is 1. The summed E-state index contributed by atoms with van der Waals surface area (Å²) in [5.74, 6) is 0.500. The first-order chi connectivity index (χ1) is 11.6. The number of carbonyl (C=O) groups excluding carboxylic acids is 2. The summed E-state index contributed by atoms with van der Waals surface area (Å²) in [4.78, 5) is 28.1. The zero-order chi connectivity index (χ0) is 17.1. The Morgan fingerprint density at radius 1 is 1.24 bits per heavy atom. The first-order valence-electron chi connectivity index (χ1n) is 7.41. The number of ether oxygens (including phenoxy) is 1. The summed E-state index contributed by atoms with van der Waals surface area (Å²) < 4.78 is 7.95. The van der Waals surface area contributed by atoms with Gasteiger partial charge >= 0.3 is 11.7 Å². The van der Waals surface area contributed by atoms with E-state index in [0.717, 1.165) is 5.56 Å². The number of nitrogens with zero attached hydrogens (tertiary/aromatic N) is 3. The number of rotatable bonds is 4. The van der Waals surface area contributed by atoms with Gasteiger partial charge in [-0.2, -0.15) is 8.97 Å². The van der Waals surface area contributed by atoms with E-state index >= 15 is 0 Å². The molecule has 3 aromatic rings. The van der Waals surface area contributed by atoms with Gasteiger partial charge in [0.05, 0.1) is 19.5 Å². The Balaban J connectivity index is 0.00000225. The Morgan fingerprint density at radius 3 is 2.60 bits per heavy atom. The Morgan fingerprint density at radius 2 is 1.96 bits per heavy atom. The zero-order valence-corrected chi connectivity index (χ0v) is 14.5. The van der Waals surface area contributed by atoms with Crippen molar-refractivity contribution in [3.63, 3.8) is 0 Å². The topological polar surface area (TPSA) is 77.3 Å². The van der Waals surface area contributed by atoms with Crippen molar-refractivity contribution < 1.29 is 31.1 Å². The second kappa shape index (κ2) is 7.76. The maximum atomic E-state index is 12.3. The summed E-state index contributed by atoms with van der Waals surface area (Å²) in [6, 6.07) is 11.2. The molecule has 3 rings (SSSR count). The van der Waals surface area contributed by atoms with Crippen LogP contribution < -0.4 is 22.1 Å². The van der Waals surface area contributed by atoms with Crippen molar-refractivity contribution in [3.05, 3.63) is 48.8 Å². The number of halogens is 1. The SMILES string of the molecule is COC(=O)CNc1c(-c2ccccc2)n(C(C)=O)c2nccc[n+]12.[Cl-]. The molecule has 0 saturated heterocycles. The third-order valence-electron chi connectivity index (χ3n) is 3.61. The van der Waals surface area contributed by atoms with Crippen LogP contribution in [0, 0.1) is 0 Å². The van der Waals surface area contributed by atoms with Crippen molar-refractivity contribution in [2.45, 2.75) is 6.92 Å². The second-order valence-corrected chi connectivity index (χ2v) is 5.14. The number of methoxy groups -OCH3 is 1. The van der Waals surface area contributed by atoms with E-state index in [-0.39, 0.29) is 24.9 Å². The number of carbonyl (C=O) groups is 2. The quantitative estimate of drug-likeness (QED) is 0.454. The average molecular weight is 361 g/mol. The predicted molar refractivity (Wildman–Crippen MR) is 87.6 cm³/mol. The molecule has 0 radical (unpaired) electrons. The summed E-state index contributed by atoms with van der Waals surface area (Å²) in [5, 5.41) is 3.06. The van der Waals surface area contributed by atoms with E-state index in [0.29, 0.717) is 17.3 Å². The predicted octanol–water partition coefficient (Wildman–Crippen LogP) is -1.46. The lowest BCUT2D eigenvalue weighted by Crippen LogP contribution is -3.00. The summed E-state index contributed by atoms with van der Waals surface area (Å²) in [6.45, 7) is 1.46. The van der Waals surface area contributed by atoms with E-state index in [9.17, 15) is 9.59 Å². The lowest BCUT2D eigenvalue weighted by molar-refractivity contribution is -0.497. The van der Waals surface area contributed by atoms with E-state index in [2.05, 4.69) is 15.0 Å². The molecule has 0 aliphatic rings. The molecule has 0 atom stereocenters. The lowest BCUT2D eigenvalue weighted by atomic mass is 10.1. The Hall–Kier alpha value is -2.93. The van der Waals surface area contributed by atoms with Crippen LogP contribution in [0.2, 0.25) is 0 Å². The van der Waals surface area contributed by atoms with Gasteiger partial charge in [0.1, 0.15) is 6.54 Å². The molecule has 0 bridgehead atoms. The highest BCUT2D eigenvalue weighted by atomic mass is 35.5. The van der Waals surface area contributed by atoms with Crippen molar-refractivity contribution in [1.29, 1.82) is 0 Å². The molecule has 0 unspecified atom stereocenters. The average Bonchev–Trinajstić information content (AvgIpc) is 2.95. The highest BCUT2D eigenvalue weighted by Gasteiger charge is 2.28. The Kier molecular flexibility index (Phi) is 5.71. The minimum absolute atomic E-state index is 0. The molecule has 2 aromatic heterocycles. The highest BCUT2D eigenvalue weighted by molar-refractivity contribution is 5.89. The van der Waals surface area contributed by atoms with Crippen molar-refractivity contribution in [1.82, 2.24) is 9.55 Å². The molecular weight excluding hydrogens is 344 g/mol. The molecule has 0 aliphatic carbocycles. The van der Waals surface area contributed by atoms with Crippen LogP contribution in [0.1, 0.15) is 11.7 Å². The summed E-state index contributed by atoms with van der Waals surface area (Å²) in [5.41, 5.74) is 1.48. The Bertz CT molecular complexity index is 909. The molecule has 1 aromatic carbocycles. The number of fused-ring (bicyclic) bond motifs is 1. The minimum Gasteiger partial charge on any atom is -1.00 e. The number of benzene rings is 1. The number of hydrogen-bond donors (Lipinski definition) is 1. The molecule has 0 fully saturated rings. The van der Waals surface area contributed by atoms with Crippen LogP contribution in [0.15, 0.2) is 48.8 Å². The fourth-order valence-electron chi connectivity index (χ4n) is 2.58. The van der Waals surface area contributed by atoms with Crippen molar-refractivity contribution in [2.24, 2.45) is 0 Å². The summed E-state index contributed by atoms with van der Waals surface area (Å²) in [7, 11) is 1.33. The third-order valence-corrected chi connectivity index (χ3v) is 3.61. The van der Waals surface area contributed by atoms with Crippen LogP contribution in [0.3, 0.4) is 0 Å². The number of imidazole rings is 1. The molecule has 25 heavy (non-hydrogen) atoms. The van der Waals surface area contributed by atoms with Crippen molar-refractivity contribution >= 4 is 23.5 Å². The normalized spacial score (nSPS) is 10.2. The number of aromatic nitrogens is 3.